The van der Waals surface area contributed by atoms with Gasteiger partial charge >= 0.3 is 5.97 Å². The van der Waals surface area contributed by atoms with E-state index in [1.807, 2.05) is 26.0 Å². The van der Waals surface area contributed by atoms with Crippen LogP contribution in [0.1, 0.15) is 54.9 Å². The van der Waals surface area contributed by atoms with Crippen molar-refractivity contribution in [3.8, 4) is 0 Å². The summed E-state index contributed by atoms with van der Waals surface area (Å²) in [6.45, 7) is 9.60. The number of aromatic nitrogens is 2. The molecule has 0 fully saturated rings. The number of nitrogens with one attached hydrogen (secondary N) is 1. The average Bonchev–Trinajstić information content (AvgIpc) is 3.04. The van der Waals surface area contributed by atoms with Crippen LogP contribution >= 0.6 is 0 Å². The number of hydrogen-bond donors (Lipinski definition) is 1. The molecule has 166 valence electrons. The lowest BCUT2D eigenvalue weighted by Crippen LogP contribution is -2.37. The Hall–Kier alpha value is -3.48. The molecule has 6 nitrogen and oxygen atoms in total. The van der Waals surface area contributed by atoms with E-state index in [1.165, 1.54) is 23.1 Å². The largest absolute Gasteiger partial charge is 0.459 e. The number of aromatic amines is 1. The molecule has 32 heavy (non-hydrogen) atoms. The number of ether oxygens (including phenoxy) is 1. The average molecular weight is 435 g/mol. The Morgan fingerprint density at radius 1 is 1.25 bits per heavy atom. The Bertz CT molecular complexity index is 1260. The quantitative estimate of drug-likeness (QED) is 0.603. The minimum atomic E-state index is -0.529. The van der Waals surface area contributed by atoms with Gasteiger partial charge in [0.05, 0.1) is 17.4 Å². The third kappa shape index (κ3) is 3.79. The second kappa shape index (κ2) is 7.89. The molecule has 1 aliphatic heterocycles. The molecule has 3 heterocycles. The maximum absolute atomic E-state index is 13.6. The van der Waals surface area contributed by atoms with Gasteiger partial charge in [0, 0.05) is 35.3 Å². The third-order valence-corrected chi connectivity index (χ3v) is 5.61. The molecule has 1 aliphatic rings. The number of carbonyl (C=O) groups excluding carboxylic acids is 2. The van der Waals surface area contributed by atoms with Crippen molar-refractivity contribution in [3.05, 3.63) is 70.9 Å². The van der Waals surface area contributed by atoms with E-state index in [0.29, 0.717) is 29.0 Å². The first-order valence-electron chi connectivity index (χ1n) is 10.6. The van der Waals surface area contributed by atoms with E-state index in [1.54, 1.807) is 33.2 Å². The molecule has 0 unspecified atom stereocenters. The first-order valence-corrected chi connectivity index (χ1v) is 10.6. The van der Waals surface area contributed by atoms with Crippen LogP contribution in [0.4, 0.5) is 4.39 Å². The molecule has 0 spiro atoms. The van der Waals surface area contributed by atoms with Gasteiger partial charge in [-0.15, -0.1) is 0 Å². The van der Waals surface area contributed by atoms with Crippen LogP contribution in [0.5, 0.6) is 0 Å². The highest BCUT2D eigenvalue weighted by atomic mass is 19.1. The van der Waals surface area contributed by atoms with Gasteiger partial charge in [-0.25, -0.2) is 14.2 Å². The van der Waals surface area contributed by atoms with Gasteiger partial charge in [0.15, 0.2) is 0 Å². The monoisotopic (exact) mass is 435 g/mol. The topological polar surface area (TPSA) is 75.3 Å². The van der Waals surface area contributed by atoms with Gasteiger partial charge < -0.3 is 14.6 Å². The molecule has 0 bridgehead atoms. The molecule has 7 heteroatoms. The first-order chi connectivity index (χ1) is 15.1. The van der Waals surface area contributed by atoms with E-state index in [4.69, 9.17) is 4.74 Å². The summed E-state index contributed by atoms with van der Waals surface area (Å²) in [5, 5.41) is 0.892. The second-order valence-electron chi connectivity index (χ2n) is 9.05. The maximum atomic E-state index is 13.6. The zero-order chi connectivity index (χ0) is 23.2. The summed E-state index contributed by atoms with van der Waals surface area (Å²) in [6, 6.07) is 7.87. The molecule has 1 N–H and O–H groups in total. The van der Waals surface area contributed by atoms with Crippen LogP contribution in [0.25, 0.3) is 16.6 Å². The number of benzene rings is 1. The number of esters is 1. The summed E-state index contributed by atoms with van der Waals surface area (Å²) in [5.74, 6) is -1.24. The van der Waals surface area contributed by atoms with Gasteiger partial charge in [-0.05, 0) is 62.2 Å². The molecule has 0 radical (unpaired) electrons. The molecule has 0 aliphatic carbocycles. The number of nitrogens with zero attached hydrogens (tertiary/aromatic N) is 2. The van der Waals surface area contributed by atoms with E-state index >= 15 is 0 Å². The lowest BCUT2D eigenvalue weighted by molar-refractivity contribution is -0.140. The van der Waals surface area contributed by atoms with E-state index in [0.717, 1.165) is 10.9 Å². The number of aryl methyl sites for hydroxylation is 1. The summed E-state index contributed by atoms with van der Waals surface area (Å²) in [7, 11) is 0. The molecule has 1 aromatic carbocycles. The van der Waals surface area contributed by atoms with Crippen molar-refractivity contribution in [3.63, 3.8) is 0 Å². The summed E-state index contributed by atoms with van der Waals surface area (Å²) in [4.78, 5) is 35.8. The Morgan fingerprint density at radius 2 is 2.00 bits per heavy atom. The van der Waals surface area contributed by atoms with Crippen molar-refractivity contribution in [2.75, 3.05) is 6.54 Å². The fraction of sp³-hybridized carbons (Fsp3) is 0.320. The zero-order valence-electron chi connectivity index (χ0n) is 18.8. The van der Waals surface area contributed by atoms with Crippen molar-refractivity contribution in [1.82, 2.24) is 14.9 Å². The number of rotatable bonds is 3. The SMILES string of the molecule is Cc1cc(F)ccc1C(=O)N1C=C(C(=O)OC(C)C)c2[nH]c3ncccc3c2C(C)(C)C1. The highest BCUT2D eigenvalue weighted by Crippen LogP contribution is 2.40. The van der Waals surface area contributed by atoms with Gasteiger partial charge in [0.2, 0.25) is 0 Å². The Kier molecular flexibility index (Phi) is 5.36. The predicted molar refractivity (Wildman–Crippen MR) is 120 cm³/mol. The molecule has 2 aromatic heterocycles. The van der Waals surface area contributed by atoms with Crippen molar-refractivity contribution in [2.24, 2.45) is 0 Å². The maximum Gasteiger partial charge on any atom is 0.342 e. The van der Waals surface area contributed by atoms with Crippen LogP contribution in [-0.4, -0.2) is 39.4 Å². The zero-order valence-corrected chi connectivity index (χ0v) is 18.8. The first kappa shape index (κ1) is 21.7. The Morgan fingerprint density at radius 3 is 2.69 bits per heavy atom. The second-order valence-corrected chi connectivity index (χ2v) is 9.05. The van der Waals surface area contributed by atoms with E-state index < -0.39 is 17.2 Å². The smallest absolute Gasteiger partial charge is 0.342 e. The standard InChI is InChI=1S/C25H26FN3O3/c1-14(2)32-24(31)19-12-29(23(30)17-9-8-16(26)11-15(17)3)13-25(4,5)20-18-7-6-10-27-22(18)28-21(19)20/h6-12,14H,13H2,1-5H3,(H,27,28). The highest BCUT2D eigenvalue weighted by molar-refractivity contribution is 6.18. The van der Waals surface area contributed by atoms with Gasteiger partial charge in [0.1, 0.15) is 11.5 Å². The number of carbonyl (C=O) groups is 2. The summed E-state index contributed by atoms with van der Waals surface area (Å²) < 4.78 is 19.1. The molecule has 0 atom stereocenters. The highest BCUT2D eigenvalue weighted by Gasteiger charge is 2.38. The minimum Gasteiger partial charge on any atom is -0.459 e. The number of amides is 1. The van der Waals surface area contributed by atoms with Gasteiger partial charge in [-0.1, -0.05) is 13.8 Å². The molecule has 1 amide bonds. The van der Waals surface area contributed by atoms with E-state index in [-0.39, 0.29) is 17.6 Å². The normalized spacial score (nSPS) is 15.3. The van der Waals surface area contributed by atoms with Crippen LogP contribution in [0.3, 0.4) is 0 Å². The van der Waals surface area contributed by atoms with E-state index in [9.17, 15) is 14.0 Å². The molecule has 4 rings (SSSR count). The fourth-order valence-electron chi connectivity index (χ4n) is 4.28. The lowest BCUT2D eigenvalue weighted by atomic mass is 9.82. The van der Waals surface area contributed by atoms with Crippen LogP contribution in [0.2, 0.25) is 0 Å². The van der Waals surface area contributed by atoms with Gasteiger partial charge in [-0.3, -0.25) is 4.79 Å². The number of H-pyrrole nitrogens is 1. The molecule has 0 saturated carbocycles. The third-order valence-electron chi connectivity index (χ3n) is 5.61. The molecular formula is C25H26FN3O3. The van der Waals surface area contributed by atoms with Crippen molar-refractivity contribution >= 4 is 28.5 Å². The van der Waals surface area contributed by atoms with Crippen LogP contribution in [-0.2, 0) is 14.9 Å². The molecular weight excluding hydrogens is 409 g/mol. The molecule has 0 saturated heterocycles. The van der Waals surface area contributed by atoms with Crippen LogP contribution < -0.4 is 0 Å². The van der Waals surface area contributed by atoms with Crippen LogP contribution in [0, 0.1) is 12.7 Å². The van der Waals surface area contributed by atoms with Crippen molar-refractivity contribution in [2.45, 2.75) is 46.1 Å². The van der Waals surface area contributed by atoms with Gasteiger partial charge in [0.25, 0.3) is 5.91 Å². The number of fused-ring (bicyclic) bond motifs is 3. The summed E-state index contributed by atoms with van der Waals surface area (Å²) >= 11 is 0. The van der Waals surface area contributed by atoms with Crippen molar-refractivity contribution in [1.29, 1.82) is 0 Å². The number of hydrogen-bond acceptors (Lipinski definition) is 4. The molecule has 3 aromatic rings. The predicted octanol–water partition coefficient (Wildman–Crippen LogP) is 4.74. The minimum absolute atomic E-state index is 0.255. The van der Waals surface area contributed by atoms with E-state index in [2.05, 4.69) is 9.97 Å². The lowest BCUT2D eigenvalue weighted by Gasteiger charge is -2.30. The van der Waals surface area contributed by atoms with Crippen LogP contribution in [0.15, 0.2) is 42.7 Å². The fourth-order valence-corrected chi connectivity index (χ4v) is 4.28. The van der Waals surface area contributed by atoms with Gasteiger partial charge in [-0.2, -0.15) is 0 Å². The summed E-state index contributed by atoms with van der Waals surface area (Å²) in [5.41, 5.74) is 2.82. The number of halogens is 1. The Labute approximate surface area is 186 Å². The van der Waals surface area contributed by atoms with Crippen molar-refractivity contribution < 1.29 is 18.7 Å². The summed E-state index contributed by atoms with van der Waals surface area (Å²) in [6.07, 6.45) is 2.90. The Balaban J connectivity index is 1.90. The number of pyridine rings is 1.